The molecule has 0 bridgehead atoms. The van der Waals surface area contributed by atoms with Crippen molar-refractivity contribution in [1.82, 2.24) is 9.78 Å². The third-order valence-electron chi connectivity index (χ3n) is 3.47. The maximum Gasteiger partial charge on any atom is 0.0963 e. The van der Waals surface area contributed by atoms with Crippen LogP contribution >= 0.6 is 11.6 Å². The summed E-state index contributed by atoms with van der Waals surface area (Å²) >= 11 is 6.21. The van der Waals surface area contributed by atoms with Crippen molar-refractivity contribution in [1.29, 1.82) is 0 Å². The topological polar surface area (TPSA) is 47.3 Å². The zero-order chi connectivity index (χ0) is 12.6. The Morgan fingerprint density at radius 3 is 2.65 bits per heavy atom. The smallest absolute Gasteiger partial charge is 0.0963 e. The van der Waals surface area contributed by atoms with Gasteiger partial charge in [-0.1, -0.05) is 11.6 Å². The number of hydrogen-bond acceptors (Lipinski definition) is 3. The highest BCUT2D eigenvalue weighted by Crippen LogP contribution is 2.42. The van der Waals surface area contributed by atoms with Crippen molar-refractivity contribution in [3.8, 4) is 0 Å². The second-order valence-electron chi connectivity index (χ2n) is 4.96. The van der Waals surface area contributed by atoms with Gasteiger partial charge in [-0.15, -0.1) is 0 Å². The third kappa shape index (κ3) is 2.49. The van der Waals surface area contributed by atoms with E-state index in [1.54, 1.807) is 11.8 Å². The van der Waals surface area contributed by atoms with Crippen molar-refractivity contribution < 1.29 is 9.84 Å². The van der Waals surface area contributed by atoms with Gasteiger partial charge in [0.1, 0.15) is 0 Å². The molecule has 0 spiro atoms. The van der Waals surface area contributed by atoms with Gasteiger partial charge in [-0.3, -0.25) is 4.68 Å². The molecule has 4 nitrogen and oxygen atoms in total. The van der Waals surface area contributed by atoms with Crippen LogP contribution in [-0.2, 0) is 18.2 Å². The Bertz CT molecular complexity index is 415. The summed E-state index contributed by atoms with van der Waals surface area (Å²) in [6.07, 6.45) is 2.63. The number of ether oxygens (including phenoxy) is 1. The molecular formula is C12H19ClN2O2. The number of methoxy groups -OCH3 is 1. The van der Waals surface area contributed by atoms with Crippen LogP contribution in [0.25, 0.3) is 0 Å². The van der Waals surface area contributed by atoms with Crippen molar-refractivity contribution in [2.24, 2.45) is 13.0 Å². The van der Waals surface area contributed by atoms with E-state index in [1.807, 2.05) is 14.0 Å². The van der Waals surface area contributed by atoms with Gasteiger partial charge in [-0.2, -0.15) is 5.10 Å². The van der Waals surface area contributed by atoms with Crippen molar-refractivity contribution in [3.05, 3.63) is 16.4 Å². The van der Waals surface area contributed by atoms with E-state index in [2.05, 4.69) is 5.10 Å². The third-order valence-corrected chi connectivity index (χ3v) is 3.96. The van der Waals surface area contributed by atoms with Gasteiger partial charge in [0.15, 0.2) is 0 Å². The quantitative estimate of drug-likeness (QED) is 0.875. The van der Waals surface area contributed by atoms with E-state index in [9.17, 15) is 5.11 Å². The summed E-state index contributed by atoms with van der Waals surface area (Å²) in [7, 11) is 3.47. The van der Waals surface area contributed by atoms with E-state index in [-0.39, 0.29) is 0 Å². The van der Waals surface area contributed by atoms with E-state index >= 15 is 0 Å². The van der Waals surface area contributed by atoms with Crippen molar-refractivity contribution in [2.75, 3.05) is 13.7 Å². The van der Waals surface area contributed by atoms with Crippen molar-refractivity contribution in [3.63, 3.8) is 0 Å². The number of halogens is 1. The van der Waals surface area contributed by atoms with Crippen LogP contribution in [0.3, 0.4) is 0 Å². The molecule has 1 aromatic heterocycles. The van der Waals surface area contributed by atoms with Crippen LogP contribution in [0.4, 0.5) is 0 Å². The van der Waals surface area contributed by atoms with Crippen LogP contribution in [0.5, 0.6) is 0 Å². The summed E-state index contributed by atoms with van der Waals surface area (Å²) < 4.78 is 6.89. The Labute approximate surface area is 107 Å². The second-order valence-corrected chi connectivity index (χ2v) is 5.34. The molecule has 1 aromatic rings. The molecular weight excluding hydrogens is 240 g/mol. The maximum absolute atomic E-state index is 10.6. The van der Waals surface area contributed by atoms with Crippen LogP contribution in [0.1, 0.15) is 24.2 Å². The van der Waals surface area contributed by atoms with E-state index in [1.165, 1.54) is 0 Å². The first kappa shape index (κ1) is 12.9. The molecule has 96 valence electrons. The fourth-order valence-corrected chi connectivity index (χ4v) is 2.57. The molecule has 0 saturated heterocycles. The van der Waals surface area contributed by atoms with Crippen molar-refractivity contribution in [2.45, 2.75) is 31.8 Å². The minimum Gasteiger partial charge on any atom is -0.387 e. The summed E-state index contributed by atoms with van der Waals surface area (Å²) in [5.41, 5.74) is 0.883. The lowest BCUT2D eigenvalue weighted by Gasteiger charge is -2.27. The Morgan fingerprint density at radius 2 is 2.24 bits per heavy atom. The molecule has 0 amide bonds. The first-order chi connectivity index (χ1) is 7.98. The summed E-state index contributed by atoms with van der Waals surface area (Å²) in [4.78, 5) is 0. The lowest BCUT2D eigenvalue weighted by molar-refractivity contribution is -0.0485. The Balaban J connectivity index is 2.22. The average Bonchev–Trinajstić information content (AvgIpc) is 3.05. The van der Waals surface area contributed by atoms with Gasteiger partial charge in [0, 0.05) is 20.6 Å². The number of nitrogens with zero attached hydrogens (tertiary/aromatic N) is 2. The monoisotopic (exact) mass is 258 g/mol. The highest BCUT2D eigenvalue weighted by Gasteiger charge is 2.44. The molecule has 1 aliphatic rings. The van der Waals surface area contributed by atoms with Crippen LogP contribution in [0.15, 0.2) is 0 Å². The average molecular weight is 259 g/mol. The summed E-state index contributed by atoms with van der Waals surface area (Å²) in [6, 6.07) is 0. The molecule has 0 radical (unpaired) electrons. The SMILES string of the molecule is COCC(O)(Cc1c(Cl)c(C)nn1C)C1CC1. The van der Waals surface area contributed by atoms with E-state index in [0.717, 1.165) is 24.2 Å². The van der Waals surface area contributed by atoms with E-state index in [4.69, 9.17) is 16.3 Å². The van der Waals surface area contributed by atoms with Gasteiger partial charge >= 0.3 is 0 Å². The van der Waals surface area contributed by atoms with Crippen LogP contribution in [-0.4, -0.2) is 34.2 Å². The fraction of sp³-hybridized carbons (Fsp3) is 0.750. The van der Waals surface area contributed by atoms with E-state index in [0.29, 0.717) is 24.0 Å². The fourth-order valence-electron chi connectivity index (χ4n) is 2.35. The molecule has 1 unspecified atom stereocenters. The summed E-state index contributed by atoms with van der Waals surface area (Å²) in [5.74, 6) is 0.328. The first-order valence-electron chi connectivity index (χ1n) is 5.87. The van der Waals surface area contributed by atoms with Crippen molar-refractivity contribution >= 4 is 11.6 Å². The molecule has 1 atom stereocenters. The number of aryl methyl sites for hydroxylation is 2. The van der Waals surface area contributed by atoms with Gasteiger partial charge in [-0.25, -0.2) is 0 Å². The molecule has 17 heavy (non-hydrogen) atoms. The molecule has 1 heterocycles. The number of rotatable bonds is 5. The van der Waals surface area contributed by atoms with Gasteiger partial charge in [0.25, 0.3) is 0 Å². The van der Waals surface area contributed by atoms with Gasteiger partial charge in [0.2, 0.25) is 0 Å². The molecule has 2 rings (SSSR count). The van der Waals surface area contributed by atoms with Gasteiger partial charge < -0.3 is 9.84 Å². The van der Waals surface area contributed by atoms with E-state index < -0.39 is 5.60 Å². The van der Waals surface area contributed by atoms with Crippen LogP contribution < -0.4 is 0 Å². The Morgan fingerprint density at radius 1 is 1.59 bits per heavy atom. The molecule has 1 N–H and O–H groups in total. The Hall–Kier alpha value is -0.580. The molecule has 0 aliphatic heterocycles. The molecule has 0 aromatic carbocycles. The summed E-state index contributed by atoms with van der Waals surface area (Å²) in [5, 5.41) is 15.6. The zero-order valence-corrected chi connectivity index (χ0v) is 11.3. The molecule has 1 fully saturated rings. The van der Waals surface area contributed by atoms with Crippen LogP contribution in [0.2, 0.25) is 5.02 Å². The maximum atomic E-state index is 10.6. The second kappa shape index (κ2) is 4.59. The van der Waals surface area contributed by atoms with Gasteiger partial charge in [-0.05, 0) is 25.7 Å². The number of aliphatic hydroxyl groups is 1. The number of hydrogen-bond donors (Lipinski definition) is 1. The predicted octanol–water partition coefficient (Wildman–Crippen LogP) is 1.71. The summed E-state index contributed by atoms with van der Waals surface area (Å²) in [6.45, 7) is 2.22. The largest absolute Gasteiger partial charge is 0.387 e. The molecule has 1 saturated carbocycles. The highest BCUT2D eigenvalue weighted by atomic mass is 35.5. The lowest BCUT2D eigenvalue weighted by Crippen LogP contribution is -2.39. The zero-order valence-electron chi connectivity index (χ0n) is 10.5. The lowest BCUT2D eigenvalue weighted by atomic mass is 9.92. The van der Waals surface area contributed by atoms with Crippen LogP contribution in [0, 0.1) is 12.8 Å². The first-order valence-corrected chi connectivity index (χ1v) is 6.25. The Kier molecular flexibility index (Phi) is 3.48. The molecule has 1 aliphatic carbocycles. The predicted molar refractivity (Wildman–Crippen MR) is 66.2 cm³/mol. The normalized spacial score (nSPS) is 19.4. The number of aromatic nitrogens is 2. The van der Waals surface area contributed by atoms with Gasteiger partial charge in [0.05, 0.1) is 28.6 Å². The minimum absolute atomic E-state index is 0.328. The highest BCUT2D eigenvalue weighted by molar-refractivity contribution is 6.31. The minimum atomic E-state index is -0.807. The standard InChI is InChI=1S/C12H19ClN2O2/c1-8-11(13)10(15(2)14-8)6-12(16,7-17-3)9-4-5-9/h9,16H,4-7H2,1-3H3. The molecule has 5 heteroatoms.